The van der Waals surface area contributed by atoms with Crippen molar-refractivity contribution < 1.29 is 13.6 Å². The van der Waals surface area contributed by atoms with Gasteiger partial charge < -0.3 is 10.6 Å². The van der Waals surface area contributed by atoms with Crippen LogP contribution in [0.25, 0.3) is 0 Å². The molecule has 2 unspecified atom stereocenters. The number of nitrogens with one attached hydrogen (secondary N) is 2. The summed E-state index contributed by atoms with van der Waals surface area (Å²) >= 11 is 0. The molecule has 0 spiro atoms. The van der Waals surface area contributed by atoms with Gasteiger partial charge in [-0.25, -0.2) is 8.78 Å². The zero-order chi connectivity index (χ0) is 16.4. The molecule has 3 nitrogen and oxygen atoms in total. The van der Waals surface area contributed by atoms with E-state index in [1.54, 1.807) is 6.07 Å². The molecule has 1 amide bonds. The first-order valence-corrected chi connectivity index (χ1v) is 7.58. The highest BCUT2D eigenvalue weighted by Crippen LogP contribution is 2.48. The third-order valence-electron chi connectivity index (χ3n) is 4.07. The van der Waals surface area contributed by atoms with Gasteiger partial charge in [0, 0.05) is 18.2 Å². The van der Waals surface area contributed by atoms with Crippen molar-refractivity contribution in [1.82, 2.24) is 5.32 Å². The Labute approximate surface area is 133 Å². The average Bonchev–Trinajstić information content (AvgIpc) is 3.31. The highest BCUT2D eigenvalue weighted by atomic mass is 19.2. The molecule has 1 saturated carbocycles. The lowest BCUT2D eigenvalue weighted by Gasteiger charge is -2.07. The molecular weight excluding hydrogens is 298 g/mol. The van der Waals surface area contributed by atoms with Crippen molar-refractivity contribution in [3.8, 4) is 0 Å². The Bertz CT molecular complexity index is 733. The number of carbonyl (C=O) groups is 1. The zero-order valence-electron chi connectivity index (χ0n) is 12.8. The summed E-state index contributed by atoms with van der Waals surface area (Å²) in [6.45, 7) is 0.727. The Morgan fingerprint density at radius 2 is 2.00 bits per heavy atom. The summed E-state index contributed by atoms with van der Waals surface area (Å²) in [7, 11) is 1.86. The molecule has 2 N–H and O–H groups in total. The van der Waals surface area contributed by atoms with Crippen LogP contribution in [0.5, 0.6) is 0 Å². The van der Waals surface area contributed by atoms with Crippen molar-refractivity contribution in [3.05, 3.63) is 65.2 Å². The van der Waals surface area contributed by atoms with E-state index in [4.69, 9.17) is 0 Å². The van der Waals surface area contributed by atoms with E-state index in [1.165, 1.54) is 6.07 Å². The second kappa shape index (κ2) is 6.46. The molecule has 3 rings (SSSR count). The summed E-state index contributed by atoms with van der Waals surface area (Å²) < 4.78 is 26.2. The monoisotopic (exact) mass is 316 g/mol. The summed E-state index contributed by atoms with van der Waals surface area (Å²) in [5.41, 5.74) is 2.50. The van der Waals surface area contributed by atoms with Crippen LogP contribution in [0.2, 0.25) is 0 Å². The third kappa shape index (κ3) is 3.56. The van der Waals surface area contributed by atoms with Gasteiger partial charge in [0.2, 0.25) is 5.91 Å². The van der Waals surface area contributed by atoms with E-state index in [-0.39, 0.29) is 17.7 Å². The largest absolute Gasteiger partial charge is 0.326 e. The van der Waals surface area contributed by atoms with Crippen LogP contribution in [0.15, 0.2) is 42.5 Å². The quantitative estimate of drug-likeness (QED) is 0.887. The van der Waals surface area contributed by atoms with Gasteiger partial charge in [0.25, 0.3) is 0 Å². The lowest BCUT2D eigenvalue weighted by molar-refractivity contribution is -0.117. The molecule has 0 saturated heterocycles. The number of hydrogen-bond donors (Lipinski definition) is 2. The minimum Gasteiger partial charge on any atom is -0.326 e. The number of anilines is 1. The molecule has 2 aromatic rings. The molecule has 0 bridgehead atoms. The van der Waals surface area contributed by atoms with Gasteiger partial charge in [-0.15, -0.1) is 0 Å². The Balaban J connectivity index is 1.64. The van der Waals surface area contributed by atoms with Crippen molar-refractivity contribution in [3.63, 3.8) is 0 Å². The van der Waals surface area contributed by atoms with Crippen LogP contribution in [0.4, 0.5) is 14.5 Å². The van der Waals surface area contributed by atoms with E-state index in [1.807, 2.05) is 31.3 Å². The van der Waals surface area contributed by atoms with Gasteiger partial charge in [0.05, 0.1) is 0 Å². The first-order chi connectivity index (χ1) is 11.1. The van der Waals surface area contributed by atoms with E-state index in [9.17, 15) is 13.6 Å². The summed E-state index contributed by atoms with van der Waals surface area (Å²) in [5.74, 6) is -2.04. The molecule has 23 heavy (non-hydrogen) atoms. The minimum absolute atomic E-state index is 0.0365. The Morgan fingerprint density at radius 1 is 1.17 bits per heavy atom. The Kier molecular flexibility index (Phi) is 4.39. The lowest BCUT2D eigenvalue weighted by atomic mass is 10.1. The van der Waals surface area contributed by atoms with Gasteiger partial charge in [-0.1, -0.05) is 18.2 Å². The van der Waals surface area contributed by atoms with Crippen LogP contribution < -0.4 is 10.6 Å². The highest BCUT2D eigenvalue weighted by molar-refractivity contribution is 5.95. The lowest BCUT2D eigenvalue weighted by Crippen LogP contribution is -2.15. The summed E-state index contributed by atoms with van der Waals surface area (Å²) in [4.78, 5) is 12.3. The molecule has 1 aliphatic rings. The Hall–Kier alpha value is -2.27. The number of carbonyl (C=O) groups excluding carboxylic acids is 1. The van der Waals surface area contributed by atoms with Crippen LogP contribution in [0, 0.1) is 17.6 Å². The first kappa shape index (κ1) is 15.6. The van der Waals surface area contributed by atoms with Crippen LogP contribution in [0.3, 0.4) is 0 Å². The number of benzene rings is 2. The van der Waals surface area contributed by atoms with E-state index in [0.717, 1.165) is 23.9 Å². The maximum absolute atomic E-state index is 13.3. The molecule has 5 heteroatoms. The maximum atomic E-state index is 13.3. The van der Waals surface area contributed by atoms with Gasteiger partial charge >= 0.3 is 0 Å². The molecule has 0 heterocycles. The molecule has 2 atom stereocenters. The predicted octanol–water partition coefficient (Wildman–Crippen LogP) is 3.43. The molecule has 1 fully saturated rings. The summed E-state index contributed by atoms with van der Waals surface area (Å²) in [6, 6.07) is 11.5. The van der Waals surface area contributed by atoms with E-state index >= 15 is 0 Å². The fraction of sp³-hybridized carbons (Fsp3) is 0.278. The molecule has 120 valence electrons. The van der Waals surface area contributed by atoms with Gasteiger partial charge in [-0.2, -0.15) is 0 Å². The second-order valence-electron chi connectivity index (χ2n) is 5.84. The predicted molar refractivity (Wildman–Crippen MR) is 85.0 cm³/mol. The highest BCUT2D eigenvalue weighted by Gasteiger charge is 2.44. The van der Waals surface area contributed by atoms with Gasteiger partial charge in [0.15, 0.2) is 11.6 Å². The van der Waals surface area contributed by atoms with Crippen LogP contribution in [-0.4, -0.2) is 13.0 Å². The normalized spacial score (nSPS) is 19.4. The Morgan fingerprint density at radius 3 is 2.74 bits per heavy atom. The fourth-order valence-corrected chi connectivity index (χ4v) is 2.79. The molecular formula is C18H18F2N2O. The second-order valence-corrected chi connectivity index (χ2v) is 5.84. The zero-order valence-corrected chi connectivity index (χ0v) is 12.8. The third-order valence-corrected chi connectivity index (χ3v) is 4.07. The maximum Gasteiger partial charge on any atom is 0.228 e. The van der Waals surface area contributed by atoms with E-state index in [0.29, 0.717) is 12.0 Å². The number of hydrogen-bond acceptors (Lipinski definition) is 2. The van der Waals surface area contributed by atoms with Gasteiger partial charge in [-0.05, 0) is 54.8 Å². The minimum atomic E-state index is -0.867. The van der Waals surface area contributed by atoms with Gasteiger partial charge in [0.1, 0.15) is 0 Å². The van der Waals surface area contributed by atoms with Gasteiger partial charge in [-0.3, -0.25) is 4.79 Å². The number of amides is 1. The standard InChI is InChI=1S/C18H18F2N2O/c1-21-10-11-3-2-4-13(7-11)22-18(23)15-9-14(15)12-5-6-16(19)17(20)8-12/h2-8,14-15,21H,9-10H2,1H3,(H,22,23). The van der Waals surface area contributed by atoms with Crippen molar-refractivity contribution in [1.29, 1.82) is 0 Å². The van der Waals surface area contributed by atoms with Crippen molar-refractivity contribution in [2.45, 2.75) is 18.9 Å². The molecule has 1 aliphatic carbocycles. The topological polar surface area (TPSA) is 41.1 Å². The molecule has 0 radical (unpaired) electrons. The average molecular weight is 316 g/mol. The smallest absolute Gasteiger partial charge is 0.228 e. The van der Waals surface area contributed by atoms with E-state index < -0.39 is 11.6 Å². The van der Waals surface area contributed by atoms with Crippen LogP contribution in [-0.2, 0) is 11.3 Å². The van der Waals surface area contributed by atoms with Crippen molar-refractivity contribution in [2.24, 2.45) is 5.92 Å². The summed E-state index contributed by atoms with van der Waals surface area (Å²) in [5, 5.41) is 5.95. The van der Waals surface area contributed by atoms with Crippen LogP contribution in [0.1, 0.15) is 23.5 Å². The number of rotatable bonds is 5. The van der Waals surface area contributed by atoms with Crippen molar-refractivity contribution >= 4 is 11.6 Å². The first-order valence-electron chi connectivity index (χ1n) is 7.58. The van der Waals surface area contributed by atoms with E-state index in [2.05, 4.69) is 10.6 Å². The van der Waals surface area contributed by atoms with Crippen molar-refractivity contribution in [2.75, 3.05) is 12.4 Å². The molecule has 0 aliphatic heterocycles. The summed E-state index contributed by atoms with van der Waals surface area (Å²) in [6.07, 6.45) is 0.660. The molecule has 2 aromatic carbocycles. The fourth-order valence-electron chi connectivity index (χ4n) is 2.79. The molecule has 0 aromatic heterocycles. The number of halogens is 2. The van der Waals surface area contributed by atoms with Crippen LogP contribution >= 0.6 is 0 Å². The SMILES string of the molecule is CNCc1cccc(NC(=O)C2CC2c2ccc(F)c(F)c2)c1.